The number of aromatic nitrogens is 1. The number of allylic oxidation sites excluding steroid dienone is 1. The molecule has 0 amide bonds. The lowest BCUT2D eigenvalue weighted by molar-refractivity contribution is 0.329. The van der Waals surface area contributed by atoms with Crippen LogP contribution in [-0.4, -0.2) is 42.3 Å². The Hall–Kier alpha value is -3.09. The molecular formula is C25H30N6. The molecule has 0 radical (unpaired) electrons. The molecule has 0 spiro atoms. The quantitative estimate of drug-likeness (QED) is 0.446. The molecule has 1 atom stereocenters. The molecule has 0 saturated carbocycles. The van der Waals surface area contributed by atoms with Crippen LogP contribution in [0.15, 0.2) is 71.5 Å². The molecular weight excluding hydrogens is 384 g/mol. The highest BCUT2D eigenvalue weighted by molar-refractivity contribution is 5.85. The van der Waals surface area contributed by atoms with E-state index in [2.05, 4.69) is 61.9 Å². The van der Waals surface area contributed by atoms with Crippen molar-refractivity contribution in [2.45, 2.75) is 25.0 Å². The Labute approximate surface area is 183 Å². The van der Waals surface area contributed by atoms with Crippen LogP contribution < -0.4 is 16.4 Å². The highest BCUT2D eigenvalue weighted by Gasteiger charge is 2.29. The highest BCUT2D eigenvalue weighted by Crippen LogP contribution is 2.28. The molecule has 6 heteroatoms. The first-order valence-electron chi connectivity index (χ1n) is 11.2. The Morgan fingerprint density at radius 2 is 1.94 bits per heavy atom. The maximum atomic E-state index is 6.69. The van der Waals surface area contributed by atoms with Gasteiger partial charge < -0.3 is 20.5 Å². The first-order chi connectivity index (χ1) is 15.2. The largest absolute Gasteiger partial charge is 0.372 e. The molecule has 6 nitrogen and oxygen atoms in total. The predicted octanol–water partition coefficient (Wildman–Crippen LogP) is 3.49. The molecule has 5 rings (SSSR count). The lowest BCUT2D eigenvalue weighted by Crippen LogP contribution is -2.52. The van der Waals surface area contributed by atoms with Crippen LogP contribution >= 0.6 is 0 Å². The molecule has 1 aromatic heterocycles. The average molecular weight is 415 g/mol. The Kier molecular flexibility index (Phi) is 5.49. The van der Waals surface area contributed by atoms with Crippen molar-refractivity contribution >= 4 is 17.1 Å². The maximum absolute atomic E-state index is 6.69. The Bertz CT molecular complexity index is 1070. The molecule has 5 N–H and O–H groups in total. The maximum Gasteiger partial charge on any atom is 0.210 e. The Morgan fingerprint density at radius 1 is 1.06 bits per heavy atom. The van der Waals surface area contributed by atoms with Gasteiger partial charge in [0.05, 0.1) is 0 Å². The third kappa shape index (κ3) is 4.36. The molecule has 0 aliphatic carbocycles. The van der Waals surface area contributed by atoms with Gasteiger partial charge in [-0.2, -0.15) is 0 Å². The summed E-state index contributed by atoms with van der Waals surface area (Å²) < 4.78 is 0. The minimum Gasteiger partial charge on any atom is -0.372 e. The molecule has 31 heavy (non-hydrogen) atoms. The van der Waals surface area contributed by atoms with E-state index in [0.29, 0.717) is 0 Å². The summed E-state index contributed by atoms with van der Waals surface area (Å²) in [5.74, 6) is -0.0800. The van der Waals surface area contributed by atoms with Crippen molar-refractivity contribution in [2.24, 2.45) is 10.7 Å². The minimum absolute atomic E-state index is 0.911. The zero-order valence-electron chi connectivity index (χ0n) is 17.8. The Balaban J connectivity index is 1.26. The van der Waals surface area contributed by atoms with Crippen LogP contribution in [0.3, 0.4) is 0 Å². The number of hydrogen-bond acceptors (Lipinski definition) is 5. The minimum atomic E-state index is -0.992. The first kappa shape index (κ1) is 19.8. The lowest BCUT2D eigenvalue weighted by Gasteiger charge is -2.32. The number of fused-ring (bicyclic) bond motifs is 1. The molecule has 160 valence electrons. The topological polar surface area (TPSA) is 81.5 Å². The van der Waals surface area contributed by atoms with Gasteiger partial charge in [-0.1, -0.05) is 36.4 Å². The molecule has 0 bridgehead atoms. The number of benzene rings is 2. The zero-order valence-corrected chi connectivity index (χ0v) is 17.8. The van der Waals surface area contributed by atoms with Crippen LogP contribution in [-0.2, 0) is 5.79 Å². The summed E-state index contributed by atoms with van der Waals surface area (Å²) in [7, 11) is 0. The summed E-state index contributed by atoms with van der Waals surface area (Å²) in [5.41, 5.74) is 10.9. The number of aliphatic imine (C=N–C) groups is 1. The van der Waals surface area contributed by atoms with E-state index >= 15 is 0 Å². The molecule has 2 aliphatic rings. The van der Waals surface area contributed by atoms with Crippen LogP contribution in [0.2, 0.25) is 0 Å². The van der Waals surface area contributed by atoms with Gasteiger partial charge in [0.1, 0.15) is 5.82 Å². The van der Waals surface area contributed by atoms with Crippen LogP contribution in [0, 0.1) is 0 Å². The summed E-state index contributed by atoms with van der Waals surface area (Å²) in [6.45, 7) is 4.54. The molecule has 3 heterocycles. The van der Waals surface area contributed by atoms with Crippen LogP contribution in [0.25, 0.3) is 22.2 Å². The predicted molar refractivity (Wildman–Crippen MR) is 128 cm³/mol. The van der Waals surface area contributed by atoms with E-state index in [1.54, 1.807) is 6.21 Å². The van der Waals surface area contributed by atoms with Crippen molar-refractivity contribution in [3.05, 3.63) is 72.1 Å². The van der Waals surface area contributed by atoms with E-state index in [1.807, 2.05) is 24.3 Å². The van der Waals surface area contributed by atoms with Gasteiger partial charge in [-0.25, -0.2) is 4.99 Å². The number of nitrogens with one attached hydrogen (secondary N) is 3. The SMILES string of the molecule is NC1(c2cccc(-c3cc4ccccc4[nH]3)c2)N=CC=C(NCCCN2CCCC2)N1. The number of nitrogens with two attached hydrogens (primary N) is 1. The standard InChI is InChI=1S/C25H30N6/c26-25(28-13-11-24(30-25)27-12-6-16-31-14-3-4-15-31)21-9-5-8-19(17-21)23-18-20-7-1-2-10-22(20)29-23/h1-2,5,7-11,13,17-18,27,29-30H,3-4,6,12,14-16,26H2. The number of aromatic amines is 1. The van der Waals surface area contributed by atoms with E-state index in [4.69, 9.17) is 5.73 Å². The summed E-state index contributed by atoms with van der Waals surface area (Å²) in [6.07, 6.45) is 7.52. The molecule has 1 fully saturated rings. The van der Waals surface area contributed by atoms with Crippen molar-refractivity contribution in [1.82, 2.24) is 20.5 Å². The van der Waals surface area contributed by atoms with E-state index in [1.165, 1.54) is 31.3 Å². The first-order valence-corrected chi connectivity index (χ1v) is 11.2. The zero-order chi connectivity index (χ0) is 21.1. The van der Waals surface area contributed by atoms with Gasteiger partial charge in [-0.15, -0.1) is 0 Å². The van der Waals surface area contributed by atoms with Gasteiger partial charge >= 0.3 is 0 Å². The monoisotopic (exact) mass is 414 g/mol. The van der Waals surface area contributed by atoms with Crippen molar-refractivity contribution in [2.75, 3.05) is 26.2 Å². The third-order valence-electron chi connectivity index (χ3n) is 6.15. The van der Waals surface area contributed by atoms with Gasteiger partial charge in [-0.3, -0.25) is 5.73 Å². The summed E-state index contributed by atoms with van der Waals surface area (Å²) >= 11 is 0. The number of nitrogens with zero attached hydrogens (tertiary/aromatic N) is 2. The van der Waals surface area contributed by atoms with Gasteiger partial charge in [0.2, 0.25) is 5.79 Å². The van der Waals surface area contributed by atoms with Gasteiger partial charge in [0, 0.05) is 34.9 Å². The highest BCUT2D eigenvalue weighted by atomic mass is 15.3. The molecule has 2 aromatic carbocycles. The summed E-state index contributed by atoms with van der Waals surface area (Å²) in [6, 6.07) is 18.7. The van der Waals surface area contributed by atoms with E-state index in [9.17, 15) is 0 Å². The van der Waals surface area contributed by atoms with E-state index in [-0.39, 0.29) is 0 Å². The van der Waals surface area contributed by atoms with E-state index in [0.717, 1.165) is 47.7 Å². The fraction of sp³-hybridized carbons (Fsp3) is 0.320. The molecule has 3 aromatic rings. The average Bonchev–Trinajstić information content (AvgIpc) is 3.47. The molecule has 1 unspecified atom stereocenters. The fourth-order valence-electron chi connectivity index (χ4n) is 4.44. The number of para-hydroxylation sites is 1. The van der Waals surface area contributed by atoms with Gasteiger partial charge in [-0.05, 0) is 68.7 Å². The van der Waals surface area contributed by atoms with Crippen molar-refractivity contribution in [3.8, 4) is 11.3 Å². The smallest absolute Gasteiger partial charge is 0.210 e. The lowest BCUT2D eigenvalue weighted by atomic mass is 10.0. The number of rotatable bonds is 7. The normalized spacial score (nSPS) is 21.3. The summed E-state index contributed by atoms with van der Waals surface area (Å²) in [5, 5.41) is 8.06. The van der Waals surface area contributed by atoms with Crippen LogP contribution in [0.1, 0.15) is 24.8 Å². The third-order valence-corrected chi connectivity index (χ3v) is 6.15. The molecule has 2 aliphatic heterocycles. The van der Waals surface area contributed by atoms with Crippen LogP contribution in [0.5, 0.6) is 0 Å². The number of hydrogen-bond donors (Lipinski definition) is 4. The van der Waals surface area contributed by atoms with Gasteiger partial charge in [0.15, 0.2) is 0 Å². The van der Waals surface area contributed by atoms with Crippen molar-refractivity contribution in [1.29, 1.82) is 0 Å². The van der Waals surface area contributed by atoms with E-state index < -0.39 is 5.79 Å². The van der Waals surface area contributed by atoms with Gasteiger partial charge in [0.25, 0.3) is 0 Å². The molecule has 1 saturated heterocycles. The summed E-state index contributed by atoms with van der Waals surface area (Å²) in [4.78, 5) is 10.6. The van der Waals surface area contributed by atoms with Crippen LogP contribution in [0.4, 0.5) is 0 Å². The second-order valence-electron chi connectivity index (χ2n) is 8.43. The fourth-order valence-corrected chi connectivity index (χ4v) is 4.44. The van der Waals surface area contributed by atoms with Crippen molar-refractivity contribution in [3.63, 3.8) is 0 Å². The second-order valence-corrected chi connectivity index (χ2v) is 8.43. The number of H-pyrrole nitrogens is 1. The van der Waals surface area contributed by atoms with Crippen molar-refractivity contribution < 1.29 is 0 Å². The Morgan fingerprint density at radius 3 is 2.81 bits per heavy atom. The second kappa shape index (κ2) is 8.57. The number of likely N-dealkylation sites (tertiary alicyclic amines) is 1.